The summed E-state index contributed by atoms with van der Waals surface area (Å²) in [7, 11) is 3.37. The number of nitrogens with zero attached hydrogens (tertiary/aromatic N) is 1. The van der Waals surface area contributed by atoms with Gasteiger partial charge in [-0.15, -0.1) is 0 Å². The summed E-state index contributed by atoms with van der Waals surface area (Å²) in [4.78, 5) is 12.5. The molecule has 0 aliphatic rings. The Morgan fingerprint density at radius 3 is 2.57 bits per heavy atom. The van der Waals surface area contributed by atoms with Gasteiger partial charge in [0.25, 0.3) is 5.91 Å². The number of fused-ring (bicyclic) bond motifs is 1. The summed E-state index contributed by atoms with van der Waals surface area (Å²) in [5, 5.41) is 4.72. The molecule has 0 saturated carbocycles. The van der Waals surface area contributed by atoms with Gasteiger partial charge in [0.15, 0.2) is 0 Å². The molecule has 118 valence electrons. The second-order valence-corrected chi connectivity index (χ2v) is 5.88. The Bertz CT molecular complexity index is 903. The molecule has 3 rings (SSSR count). The van der Waals surface area contributed by atoms with Crippen molar-refractivity contribution in [1.29, 1.82) is 0 Å². The summed E-state index contributed by atoms with van der Waals surface area (Å²) in [6.45, 7) is 0. The van der Waals surface area contributed by atoms with Gasteiger partial charge in [0, 0.05) is 28.7 Å². The van der Waals surface area contributed by atoms with Crippen molar-refractivity contribution >= 4 is 45.7 Å². The first-order chi connectivity index (χ1) is 11.0. The molecule has 0 bridgehead atoms. The number of benzene rings is 2. The molecule has 23 heavy (non-hydrogen) atoms. The lowest BCUT2D eigenvalue weighted by Gasteiger charge is -2.09. The van der Waals surface area contributed by atoms with E-state index >= 15 is 0 Å². The van der Waals surface area contributed by atoms with Gasteiger partial charge in [-0.05, 0) is 36.4 Å². The predicted molar refractivity (Wildman–Crippen MR) is 93.9 cm³/mol. The monoisotopic (exact) mass is 348 g/mol. The summed E-state index contributed by atoms with van der Waals surface area (Å²) in [6.07, 6.45) is 0. The summed E-state index contributed by atoms with van der Waals surface area (Å²) in [5.74, 6) is 0.321. The fraction of sp³-hybridized carbons (Fsp3) is 0.118. The van der Waals surface area contributed by atoms with Crippen molar-refractivity contribution in [2.45, 2.75) is 0 Å². The van der Waals surface area contributed by atoms with Crippen LogP contribution in [0.2, 0.25) is 10.0 Å². The third kappa shape index (κ3) is 2.87. The number of anilines is 1. The van der Waals surface area contributed by atoms with Gasteiger partial charge in [-0.2, -0.15) is 0 Å². The van der Waals surface area contributed by atoms with Crippen LogP contribution < -0.4 is 10.1 Å². The minimum absolute atomic E-state index is 0.235. The summed E-state index contributed by atoms with van der Waals surface area (Å²) < 4.78 is 6.91. The summed E-state index contributed by atoms with van der Waals surface area (Å²) in [5.41, 5.74) is 2.01. The fourth-order valence-electron chi connectivity index (χ4n) is 2.48. The maximum absolute atomic E-state index is 12.5. The number of nitrogens with one attached hydrogen (secondary N) is 1. The number of hydrogen-bond acceptors (Lipinski definition) is 2. The van der Waals surface area contributed by atoms with Gasteiger partial charge in [-0.3, -0.25) is 4.79 Å². The zero-order valence-electron chi connectivity index (χ0n) is 12.6. The van der Waals surface area contributed by atoms with Crippen LogP contribution in [0.5, 0.6) is 5.75 Å². The van der Waals surface area contributed by atoms with E-state index in [1.54, 1.807) is 37.4 Å². The molecule has 2 aromatic carbocycles. The molecule has 0 unspecified atom stereocenters. The zero-order chi connectivity index (χ0) is 16.6. The molecule has 1 N–H and O–H groups in total. The van der Waals surface area contributed by atoms with E-state index in [2.05, 4.69) is 5.32 Å². The largest absolute Gasteiger partial charge is 0.495 e. The SMILES string of the molecule is COc1ccc(NC(=O)c2cc3c(Cl)cccc3n2C)cc1Cl. The van der Waals surface area contributed by atoms with Crippen molar-refractivity contribution in [2.75, 3.05) is 12.4 Å². The molecular weight excluding hydrogens is 335 g/mol. The van der Waals surface area contributed by atoms with Crippen molar-refractivity contribution in [2.24, 2.45) is 7.05 Å². The maximum atomic E-state index is 12.5. The first-order valence-electron chi connectivity index (χ1n) is 6.90. The smallest absolute Gasteiger partial charge is 0.272 e. The van der Waals surface area contributed by atoms with Gasteiger partial charge < -0.3 is 14.6 Å². The Hall–Kier alpha value is -2.17. The molecule has 4 nitrogen and oxygen atoms in total. The minimum atomic E-state index is -0.235. The van der Waals surface area contributed by atoms with E-state index in [1.807, 2.05) is 23.7 Å². The van der Waals surface area contributed by atoms with Crippen LogP contribution in [-0.4, -0.2) is 17.6 Å². The second-order valence-electron chi connectivity index (χ2n) is 5.06. The van der Waals surface area contributed by atoms with Crippen LogP contribution in [0.25, 0.3) is 10.9 Å². The van der Waals surface area contributed by atoms with E-state index < -0.39 is 0 Å². The van der Waals surface area contributed by atoms with Gasteiger partial charge >= 0.3 is 0 Å². The molecule has 6 heteroatoms. The maximum Gasteiger partial charge on any atom is 0.272 e. The number of ether oxygens (including phenoxy) is 1. The molecule has 0 spiro atoms. The van der Waals surface area contributed by atoms with Crippen molar-refractivity contribution in [1.82, 2.24) is 4.57 Å². The van der Waals surface area contributed by atoms with Crippen molar-refractivity contribution in [3.8, 4) is 5.75 Å². The number of aromatic nitrogens is 1. The number of aryl methyl sites for hydroxylation is 1. The third-order valence-electron chi connectivity index (χ3n) is 3.68. The van der Waals surface area contributed by atoms with Crippen molar-refractivity contribution < 1.29 is 9.53 Å². The first-order valence-corrected chi connectivity index (χ1v) is 7.65. The van der Waals surface area contributed by atoms with Gasteiger partial charge in [0.1, 0.15) is 11.4 Å². The Morgan fingerprint density at radius 1 is 1.13 bits per heavy atom. The normalized spacial score (nSPS) is 10.8. The van der Waals surface area contributed by atoms with E-state index in [4.69, 9.17) is 27.9 Å². The van der Waals surface area contributed by atoms with Gasteiger partial charge in [0.05, 0.1) is 12.1 Å². The Labute approximate surface area is 143 Å². The fourth-order valence-corrected chi connectivity index (χ4v) is 2.96. The number of rotatable bonds is 3. The minimum Gasteiger partial charge on any atom is -0.495 e. The van der Waals surface area contributed by atoms with Crippen LogP contribution in [0, 0.1) is 0 Å². The number of amides is 1. The lowest BCUT2D eigenvalue weighted by molar-refractivity contribution is 0.102. The van der Waals surface area contributed by atoms with Crippen LogP contribution in [-0.2, 0) is 7.05 Å². The highest BCUT2D eigenvalue weighted by Crippen LogP contribution is 2.29. The lowest BCUT2D eigenvalue weighted by Crippen LogP contribution is -2.15. The Balaban J connectivity index is 1.93. The molecule has 0 atom stereocenters. The van der Waals surface area contributed by atoms with Gasteiger partial charge in [-0.25, -0.2) is 0 Å². The zero-order valence-corrected chi connectivity index (χ0v) is 14.1. The average molecular weight is 349 g/mol. The van der Waals surface area contributed by atoms with E-state index in [0.717, 1.165) is 10.9 Å². The second kappa shape index (κ2) is 6.14. The quantitative estimate of drug-likeness (QED) is 0.742. The molecular formula is C17H14Cl2N2O2. The molecule has 1 heterocycles. The third-order valence-corrected chi connectivity index (χ3v) is 4.30. The number of halogens is 2. The Kier molecular flexibility index (Phi) is 4.20. The molecule has 1 aromatic heterocycles. The highest BCUT2D eigenvalue weighted by Gasteiger charge is 2.15. The summed E-state index contributed by atoms with van der Waals surface area (Å²) in [6, 6.07) is 12.4. The lowest BCUT2D eigenvalue weighted by atomic mass is 10.2. The van der Waals surface area contributed by atoms with Crippen LogP contribution in [0.1, 0.15) is 10.5 Å². The van der Waals surface area contributed by atoms with Crippen LogP contribution in [0.15, 0.2) is 42.5 Å². The van der Waals surface area contributed by atoms with Crippen molar-refractivity contribution in [3.05, 3.63) is 58.2 Å². The number of carbonyl (C=O) groups excluding carboxylic acids is 1. The molecule has 0 aliphatic carbocycles. The van der Waals surface area contributed by atoms with E-state index in [0.29, 0.717) is 27.2 Å². The summed E-state index contributed by atoms with van der Waals surface area (Å²) >= 11 is 12.3. The standard InChI is InChI=1S/C17H14Cl2N2O2/c1-21-14-5-3-4-12(18)11(14)9-15(21)17(22)20-10-6-7-16(23-2)13(19)8-10/h3-9H,1-2H3,(H,20,22). The first kappa shape index (κ1) is 15.7. The van der Waals surface area contributed by atoms with Crippen LogP contribution in [0.4, 0.5) is 5.69 Å². The topological polar surface area (TPSA) is 43.3 Å². The van der Waals surface area contributed by atoms with Crippen LogP contribution in [0.3, 0.4) is 0 Å². The molecule has 3 aromatic rings. The van der Waals surface area contributed by atoms with Crippen molar-refractivity contribution in [3.63, 3.8) is 0 Å². The van der Waals surface area contributed by atoms with Gasteiger partial charge in [-0.1, -0.05) is 29.3 Å². The molecule has 0 radical (unpaired) electrons. The molecule has 1 amide bonds. The Morgan fingerprint density at radius 2 is 1.91 bits per heavy atom. The van der Waals surface area contributed by atoms with E-state index in [1.165, 1.54) is 0 Å². The predicted octanol–water partition coefficient (Wildman–Crippen LogP) is 4.75. The van der Waals surface area contributed by atoms with Gasteiger partial charge in [0.2, 0.25) is 0 Å². The van der Waals surface area contributed by atoms with Crippen LogP contribution >= 0.6 is 23.2 Å². The molecule has 0 fully saturated rings. The average Bonchev–Trinajstić information content (AvgIpc) is 2.86. The highest BCUT2D eigenvalue weighted by atomic mass is 35.5. The number of carbonyl (C=O) groups is 1. The molecule has 0 aliphatic heterocycles. The number of hydrogen-bond donors (Lipinski definition) is 1. The van der Waals surface area contributed by atoms with E-state index in [9.17, 15) is 4.79 Å². The number of methoxy groups -OCH3 is 1. The highest BCUT2D eigenvalue weighted by molar-refractivity contribution is 6.35. The van der Waals surface area contributed by atoms with E-state index in [-0.39, 0.29) is 5.91 Å². The molecule has 0 saturated heterocycles.